The monoisotopic (exact) mass is 184 g/mol. The summed E-state index contributed by atoms with van der Waals surface area (Å²) in [5.41, 5.74) is 0. The molecule has 0 spiro atoms. The number of unbranched alkanes of at least 4 members (excludes halogenated alkanes) is 1. The van der Waals surface area contributed by atoms with Gasteiger partial charge in [0, 0.05) is 0 Å². The van der Waals surface area contributed by atoms with Crippen LogP contribution in [0.25, 0.3) is 0 Å². The molecule has 0 heterocycles. The predicted octanol–water partition coefficient (Wildman–Crippen LogP) is 2.39. The van der Waals surface area contributed by atoms with Crippen LogP contribution in [-0.2, 0) is 14.3 Å². The zero-order valence-corrected chi connectivity index (χ0v) is 8.21. The standard InChI is InChI=1S/C10H16O3/c1-4-6-7-8-13-9(3)10(11)12-5-2/h7-8H,3-6H2,1-2H3. The molecule has 0 bridgehead atoms. The fraction of sp³-hybridized carbons (Fsp3) is 0.500. The number of carbonyl (C=O) groups is 1. The molecular formula is C10H16O3. The number of hydrogen-bond donors (Lipinski definition) is 0. The maximum atomic E-state index is 10.9. The number of ether oxygens (including phenoxy) is 2. The third kappa shape index (κ3) is 5.96. The zero-order valence-electron chi connectivity index (χ0n) is 8.21. The van der Waals surface area contributed by atoms with Gasteiger partial charge in [0.2, 0.25) is 5.76 Å². The third-order valence-corrected chi connectivity index (χ3v) is 1.26. The highest BCUT2D eigenvalue weighted by Gasteiger charge is 2.06. The van der Waals surface area contributed by atoms with Crippen molar-refractivity contribution in [2.75, 3.05) is 6.61 Å². The molecule has 0 radical (unpaired) electrons. The van der Waals surface area contributed by atoms with Gasteiger partial charge in [0.15, 0.2) is 0 Å². The van der Waals surface area contributed by atoms with E-state index >= 15 is 0 Å². The Kier molecular flexibility index (Phi) is 6.69. The molecule has 13 heavy (non-hydrogen) atoms. The Morgan fingerprint density at radius 1 is 1.46 bits per heavy atom. The maximum Gasteiger partial charge on any atom is 0.373 e. The van der Waals surface area contributed by atoms with Crippen LogP contribution in [0.4, 0.5) is 0 Å². The Morgan fingerprint density at radius 3 is 2.69 bits per heavy atom. The lowest BCUT2D eigenvalue weighted by Gasteiger charge is -2.02. The fourth-order valence-electron chi connectivity index (χ4n) is 0.625. The van der Waals surface area contributed by atoms with E-state index in [4.69, 9.17) is 4.74 Å². The van der Waals surface area contributed by atoms with Gasteiger partial charge in [-0.25, -0.2) is 4.79 Å². The van der Waals surface area contributed by atoms with Crippen molar-refractivity contribution in [3.05, 3.63) is 24.7 Å². The Bertz CT molecular complexity index is 194. The van der Waals surface area contributed by atoms with Crippen LogP contribution in [0.1, 0.15) is 26.7 Å². The van der Waals surface area contributed by atoms with Gasteiger partial charge in [-0.3, -0.25) is 0 Å². The van der Waals surface area contributed by atoms with Crippen molar-refractivity contribution in [3.8, 4) is 0 Å². The fourth-order valence-corrected chi connectivity index (χ4v) is 0.625. The molecular weight excluding hydrogens is 168 g/mol. The average Bonchev–Trinajstić information content (AvgIpc) is 2.12. The maximum absolute atomic E-state index is 10.9. The van der Waals surface area contributed by atoms with Gasteiger partial charge in [-0.1, -0.05) is 13.3 Å². The molecule has 0 aromatic rings. The van der Waals surface area contributed by atoms with E-state index in [2.05, 4.69) is 18.2 Å². The molecule has 3 nitrogen and oxygen atoms in total. The van der Waals surface area contributed by atoms with Crippen LogP contribution in [0, 0.1) is 0 Å². The van der Waals surface area contributed by atoms with Gasteiger partial charge < -0.3 is 9.47 Å². The van der Waals surface area contributed by atoms with E-state index in [1.54, 1.807) is 6.92 Å². The SMILES string of the molecule is C=C(OC=CCCC)C(=O)OCC. The molecule has 0 atom stereocenters. The van der Waals surface area contributed by atoms with Crippen molar-refractivity contribution < 1.29 is 14.3 Å². The van der Waals surface area contributed by atoms with Crippen LogP contribution in [0.15, 0.2) is 24.7 Å². The molecule has 0 aliphatic heterocycles. The first-order valence-electron chi connectivity index (χ1n) is 4.40. The van der Waals surface area contributed by atoms with Crippen molar-refractivity contribution in [1.29, 1.82) is 0 Å². The Morgan fingerprint density at radius 2 is 2.15 bits per heavy atom. The highest BCUT2D eigenvalue weighted by atomic mass is 16.6. The smallest absolute Gasteiger partial charge is 0.373 e. The molecule has 0 saturated heterocycles. The van der Waals surface area contributed by atoms with Crippen molar-refractivity contribution in [3.63, 3.8) is 0 Å². The Balaban J connectivity index is 3.67. The van der Waals surface area contributed by atoms with Crippen LogP contribution in [0.5, 0.6) is 0 Å². The van der Waals surface area contributed by atoms with Gasteiger partial charge in [0.25, 0.3) is 0 Å². The quantitative estimate of drug-likeness (QED) is 0.361. The summed E-state index contributed by atoms with van der Waals surface area (Å²) in [4.78, 5) is 10.9. The normalized spacial score (nSPS) is 10.0. The summed E-state index contributed by atoms with van der Waals surface area (Å²) in [5, 5.41) is 0. The molecule has 0 aliphatic carbocycles. The van der Waals surface area contributed by atoms with E-state index in [1.165, 1.54) is 6.26 Å². The van der Waals surface area contributed by atoms with Crippen molar-refractivity contribution in [2.45, 2.75) is 26.7 Å². The Hall–Kier alpha value is -1.25. The summed E-state index contributed by atoms with van der Waals surface area (Å²) < 4.78 is 9.57. The first-order valence-corrected chi connectivity index (χ1v) is 4.40. The lowest BCUT2D eigenvalue weighted by atomic mass is 10.3. The Labute approximate surface area is 79.0 Å². The van der Waals surface area contributed by atoms with E-state index in [0.29, 0.717) is 6.61 Å². The summed E-state index contributed by atoms with van der Waals surface area (Å²) in [6.07, 6.45) is 5.27. The largest absolute Gasteiger partial charge is 0.460 e. The average molecular weight is 184 g/mol. The van der Waals surface area contributed by atoms with Crippen molar-refractivity contribution >= 4 is 5.97 Å². The molecule has 0 aromatic heterocycles. The number of hydrogen-bond acceptors (Lipinski definition) is 3. The molecule has 0 N–H and O–H groups in total. The van der Waals surface area contributed by atoms with Crippen LogP contribution in [0.2, 0.25) is 0 Å². The van der Waals surface area contributed by atoms with E-state index in [0.717, 1.165) is 12.8 Å². The number of carbonyl (C=O) groups excluding carboxylic acids is 1. The molecule has 0 amide bonds. The summed E-state index contributed by atoms with van der Waals surface area (Å²) in [7, 11) is 0. The van der Waals surface area contributed by atoms with Gasteiger partial charge >= 0.3 is 5.97 Å². The number of rotatable bonds is 6. The van der Waals surface area contributed by atoms with Gasteiger partial charge in [-0.15, -0.1) is 0 Å². The summed E-state index contributed by atoms with van der Waals surface area (Å²) in [6, 6.07) is 0. The van der Waals surface area contributed by atoms with Gasteiger partial charge in [0.05, 0.1) is 12.9 Å². The summed E-state index contributed by atoms with van der Waals surface area (Å²) in [5.74, 6) is -0.488. The van der Waals surface area contributed by atoms with E-state index in [1.807, 2.05) is 6.08 Å². The van der Waals surface area contributed by atoms with Crippen LogP contribution >= 0.6 is 0 Å². The van der Waals surface area contributed by atoms with E-state index in [9.17, 15) is 4.79 Å². The van der Waals surface area contributed by atoms with Gasteiger partial charge in [-0.05, 0) is 26.0 Å². The highest BCUT2D eigenvalue weighted by molar-refractivity contribution is 5.85. The van der Waals surface area contributed by atoms with Gasteiger partial charge in [0.1, 0.15) is 0 Å². The zero-order chi connectivity index (χ0) is 10.1. The molecule has 74 valence electrons. The molecule has 0 aliphatic rings. The summed E-state index contributed by atoms with van der Waals surface area (Å²) >= 11 is 0. The topological polar surface area (TPSA) is 35.5 Å². The lowest BCUT2D eigenvalue weighted by molar-refractivity contribution is -0.141. The van der Waals surface area contributed by atoms with Crippen molar-refractivity contribution in [2.24, 2.45) is 0 Å². The number of esters is 1. The highest BCUT2D eigenvalue weighted by Crippen LogP contribution is 1.99. The minimum Gasteiger partial charge on any atom is -0.460 e. The number of allylic oxidation sites excluding steroid dienone is 1. The second kappa shape index (κ2) is 7.40. The minimum atomic E-state index is -0.511. The van der Waals surface area contributed by atoms with E-state index < -0.39 is 5.97 Å². The third-order valence-electron chi connectivity index (χ3n) is 1.26. The summed E-state index contributed by atoms with van der Waals surface area (Å²) in [6.45, 7) is 7.55. The predicted molar refractivity (Wildman–Crippen MR) is 50.9 cm³/mol. The van der Waals surface area contributed by atoms with Crippen LogP contribution < -0.4 is 0 Å². The van der Waals surface area contributed by atoms with Crippen molar-refractivity contribution in [1.82, 2.24) is 0 Å². The van der Waals surface area contributed by atoms with E-state index in [-0.39, 0.29) is 5.76 Å². The van der Waals surface area contributed by atoms with Gasteiger partial charge in [-0.2, -0.15) is 0 Å². The first-order chi connectivity index (χ1) is 6.22. The van der Waals surface area contributed by atoms with Crippen LogP contribution in [-0.4, -0.2) is 12.6 Å². The molecule has 3 heteroatoms. The lowest BCUT2D eigenvalue weighted by Crippen LogP contribution is -2.07. The van der Waals surface area contributed by atoms with Crippen LogP contribution in [0.3, 0.4) is 0 Å². The molecule has 0 fully saturated rings. The second-order valence-corrected chi connectivity index (χ2v) is 2.42. The second-order valence-electron chi connectivity index (χ2n) is 2.42. The first kappa shape index (κ1) is 11.8. The minimum absolute atomic E-state index is 0.0224. The molecule has 0 rings (SSSR count). The molecule has 0 aromatic carbocycles. The molecule has 0 saturated carbocycles. The molecule has 0 unspecified atom stereocenters.